The van der Waals surface area contributed by atoms with Crippen LogP contribution in [-0.4, -0.2) is 45.1 Å². The first-order valence-electron chi connectivity index (χ1n) is 5.21. The zero-order chi connectivity index (χ0) is 16.7. The van der Waals surface area contributed by atoms with Crippen LogP contribution < -0.4 is 4.72 Å². The van der Waals surface area contributed by atoms with E-state index in [1.54, 1.807) is 0 Å². The van der Waals surface area contributed by atoms with Gasteiger partial charge in [0, 0.05) is 12.2 Å². The van der Waals surface area contributed by atoms with E-state index in [4.69, 9.17) is 0 Å². The third-order valence-corrected chi connectivity index (χ3v) is 2.99. The van der Waals surface area contributed by atoms with E-state index in [0.29, 0.717) is 6.08 Å². The highest BCUT2D eigenvalue weighted by atomic mass is 32.2. The fourth-order valence-electron chi connectivity index (χ4n) is 0.865. The van der Waals surface area contributed by atoms with E-state index >= 15 is 0 Å². The summed E-state index contributed by atoms with van der Waals surface area (Å²) in [6, 6.07) is 0. The molecule has 11 heteroatoms. The summed E-state index contributed by atoms with van der Waals surface area (Å²) < 4.78 is 68.1. The lowest BCUT2D eigenvalue weighted by atomic mass is 10.4. The first-order valence-corrected chi connectivity index (χ1v) is 6.70. The van der Waals surface area contributed by atoms with Crippen molar-refractivity contribution in [3.8, 4) is 0 Å². The molecule has 1 unspecified atom stereocenters. The number of carbonyl (C=O) groups is 2. The van der Waals surface area contributed by atoms with Gasteiger partial charge in [-0.1, -0.05) is 13.2 Å². The van der Waals surface area contributed by atoms with Crippen LogP contribution in [-0.2, 0) is 29.1 Å². The average molecular weight is 331 g/mol. The Morgan fingerprint density at radius 2 is 1.71 bits per heavy atom. The second-order valence-corrected chi connectivity index (χ2v) is 5.15. The quantitative estimate of drug-likeness (QED) is 0.506. The lowest BCUT2D eigenvalue weighted by Gasteiger charge is -2.18. The normalized spacial score (nSPS) is 13.1. The summed E-state index contributed by atoms with van der Waals surface area (Å²) in [7, 11) is -5.61. The van der Waals surface area contributed by atoms with Crippen LogP contribution in [0.5, 0.6) is 0 Å². The van der Waals surface area contributed by atoms with E-state index < -0.39 is 46.7 Å². The minimum absolute atomic E-state index is 0.662. The number of hydrogen-bond donors (Lipinski definition) is 1. The number of alkyl halides is 3. The Kier molecular flexibility index (Phi) is 7.09. The third-order valence-electron chi connectivity index (χ3n) is 1.83. The standard InChI is InChI=1S/C10H12F3NO6S/c1-3-8(15)19-6-7(20-9(16)4-2)5-14-21(17,18)10(11,12)13/h3-4,7,14H,1-2,5-6H2. The van der Waals surface area contributed by atoms with Gasteiger partial charge in [-0.3, -0.25) is 0 Å². The van der Waals surface area contributed by atoms with Crippen LogP contribution in [0.1, 0.15) is 0 Å². The molecule has 0 heterocycles. The summed E-state index contributed by atoms with van der Waals surface area (Å²) in [6.07, 6.45) is 0.0175. The van der Waals surface area contributed by atoms with Gasteiger partial charge in [0.1, 0.15) is 12.7 Å². The predicted octanol–water partition coefficient (Wildman–Crippen LogP) is 0.253. The highest BCUT2D eigenvalue weighted by Crippen LogP contribution is 2.21. The van der Waals surface area contributed by atoms with Crippen LogP contribution in [0.25, 0.3) is 0 Å². The topological polar surface area (TPSA) is 98.8 Å². The van der Waals surface area contributed by atoms with E-state index in [1.807, 2.05) is 0 Å². The van der Waals surface area contributed by atoms with E-state index in [9.17, 15) is 31.2 Å². The summed E-state index contributed by atoms with van der Waals surface area (Å²) in [5, 5.41) is 0. The molecule has 0 saturated heterocycles. The Labute approximate surface area is 118 Å². The Hall–Kier alpha value is -1.88. The zero-order valence-corrected chi connectivity index (χ0v) is 11.4. The van der Waals surface area contributed by atoms with Crippen molar-refractivity contribution in [1.82, 2.24) is 4.72 Å². The zero-order valence-electron chi connectivity index (χ0n) is 10.6. The number of ether oxygens (including phenoxy) is 2. The van der Waals surface area contributed by atoms with Gasteiger partial charge < -0.3 is 9.47 Å². The van der Waals surface area contributed by atoms with E-state index in [1.165, 1.54) is 4.72 Å². The Balaban J connectivity index is 4.75. The van der Waals surface area contributed by atoms with Crippen LogP contribution in [0.2, 0.25) is 0 Å². The third kappa shape index (κ3) is 6.90. The van der Waals surface area contributed by atoms with Crippen molar-refractivity contribution in [3.05, 3.63) is 25.3 Å². The minimum atomic E-state index is -5.61. The fourth-order valence-corrected chi connectivity index (χ4v) is 1.43. The van der Waals surface area contributed by atoms with Gasteiger partial charge in [-0.2, -0.15) is 13.2 Å². The Morgan fingerprint density at radius 3 is 2.14 bits per heavy atom. The number of halogens is 3. The molecule has 0 rings (SSSR count). The SMILES string of the molecule is C=CC(=O)OCC(CNS(=O)(=O)C(F)(F)F)OC(=O)C=C. The number of esters is 2. The van der Waals surface area contributed by atoms with Crippen molar-refractivity contribution in [3.63, 3.8) is 0 Å². The molecule has 0 amide bonds. The number of carbonyl (C=O) groups excluding carboxylic acids is 2. The summed E-state index contributed by atoms with van der Waals surface area (Å²) in [5.41, 5.74) is -5.52. The molecule has 0 aromatic rings. The molecule has 1 N–H and O–H groups in total. The molecule has 0 fully saturated rings. The summed E-state index contributed by atoms with van der Waals surface area (Å²) in [5.74, 6) is -1.95. The fraction of sp³-hybridized carbons (Fsp3) is 0.400. The molecular formula is C10H12F3NO6S. The van der Waals surface area contributed by atoms with Crippen molar-refractivity contribution in [2.75, 3.05) is 13.2 Å². The maximum Gasteiger partial charge on any atom is 0.511 e. The first kappa shape index (κ1) is 19.1. The minimum Gasteiger partial charge on any atom is -0.459 e. The maximum atomic E-state index is 12.1. The molecule has 0 aromatic carbocycles. The number of sulfonamides is 1. The predicted molar refractivity (Wildman–Crippen MR) is 64.2 cm³/mol. The average Bonchev–Trinajstić information content (AvgIpc) is 2.39. The van der Waals surface area contributed by atoms with E-state index in [2.05, 4.69) is 22.6 Å². The molecule has 0 saturated carbocycles. The number of nitrogens with one attached hydrogen (secondary N) is 1. The van der Waals surface area contributed by atoms with Crippen LogP contribution >= 0.6 is 0 Å². The largest absolute Gasteiger partial charge is 0.511 e. The van der Waals surface area contributed by atoms with Crippen molar-refractivity contribution in [2.24, 2.45) is 0 Å². The molecule has 0 aromatic heterocycles. The van der Waals surface area contributed by atoms with Gasteiger partial charge in [0.2, 0.25) is 0 Å². The molecule has 0 spiro atoms. The molecule has 1 atom stereocenters. The number of hydrogen-bond acceptors (Lipinski definition) is 6. The Bertz CT molecular complexity index is 513. The Morgan fingerprint density at radius 1 is 1.19 bits per heavy atom. The van der Waals surface area contributed by atoms with Gasteiger partial charge >= 0.3 is 27.5 Å². The van der Waals surface area contributed by atoms with Gasteiger partial charge in [0.25, 0.3) is 0 Å². The molecule has 0 aliphatic carbocycles. The molecule has 120 valence electrons. The molecule has 0 aliphatic heterocycles. The molecule has 0 bridgehead atoms. The van der Waals surface area contributed by atoms with Crippen LogP contribution in [0, 0.1) is 0 Å². The highest BCUT2D eigenvalue weighted by molar-refractivity contribution is 7.90. The van der Waals surface area contributed by atoms with Gasteiger partial charge in [-0.15, -0.1) is 0 Å². The maximum absolute atomic E-state index is 12.1. The molecule has 7 nitrogen and oxygen atoms in total. The number of rotatable bonds is 8. The summed E-state index contributed by atoms with van der Waals surface area (Å²) in [6.45, 7) is 4.53. The summed E-state index contributed by atoms with van der Waals surface area (Å²) in [4.78, 5) is 21.8. The van der Waals surface area contributed by atoms with Crippen molar-refractivity contribution >= 4 is 22.0 Å². The first-order chi connectivity index (χ1) is 9.53. The molecule has 21 heavy (non-hydrogen) atoms. The van der Waals surface area contributed by atoms with Gasteiger partial charge in [-0.05, 0) is 0 Å². The van der Waals surface area contributed by atoms with Crippen molar-refractivity contribution < 1.29 is 40.7 Å². The monoisotopic (exact) mass is 331 g/mol. The lowest BCUT2D eigenvalue weighted by Crippen LogP contribution is -2.43. The second-order valence-electron chi connectivity index (χ2n) is 3.39. The van der Waals surface area contributed by atoms with Crippen LogP contribution in [0.15, 0.2) is 25.3 Å². The lowest BCUT2D eigenvalue weighted by molar-refractivity contribution is -0.152. The van der Waals surface area contributed by atoms with E-state index in [0.717, 1.165) is 6.08 Å². The summed E-state index contributed by atoms with van der Waals surface area (Å²) >= 11 is 0. The van der Waals surface area contributed by atoms with Crippen molar-refractivity contribution in [1.29, 1.82) is 0 Å². The second kappa shape index (κ2) is 7.78. The van der Waals surface area contributed by atoms with Crippen molar-refractivity contribution in [2.45, 2.75) is 11.6 Å². The van der Waals surface area contributed by atoms with Gasteiger partial charge in [-0.25, -0.2) is 22.7 Å². The smallest absolute Gasteiger partial charge is 0.459 e. The van der Waals surface area contributed by atoms with Gasteiger partial charge in [0.05, 0.1) is 6.54 Å². The highest BCUT2D eigenvalue weighted by Gasteiger charge is 2.45. The van der Waals surface area contributed by atoms with Crippen LogP contribution in [0.3, 0.4) is 0 Å². The molecule has 0 aliphatic rings. The van der Waals surface area contributed by atoms with Gasteiger partial charge in [0.15, 0.2) is 0 Å². The molecule has 0 radical (unpaired) electrons. The van der Waals surface area contributed by atoms with Crippen LogP contribution in [0.4, 0.5) is 13.2 Å². The molecular weight excluding hydrogens is 319 g/mol. The van der Waals surface area contributed by atoms with E-state index in [-0.39, 0.29) is 0 Å².